The third-order valence-corrected chi connectivity index (χ3v) is 5.25. The van der Waals surface area contributed by atoms with E-state index in [0.29, 0.717) is 22.7 Å². The van der Waals surface area contributed by atoms with Crippen LogP contribution in [0.4, 0.5) is 5.69 Å². The van der Waals surface area contributed by atoms with E-state index in [9.17, 15) is 14.4 Å². The maximum Gasteiger partial charge on any atom is 0.265 e. The highest BCUT2D eigenvalue weighted by Gasteiger charge is 2.28. The van der Waals surface area contributed by atoms with Crippen LogP contribution in [0.15, 0.2) is 42.5 Å². The minimum atomic E-state index is -0.330. The summed E-state index contributed by atoms with van der Waals surface area (Å²) in [6.07, 6.45) is 1.72. The van der Waals surface area contributed by atoms with Crippen LogP contribution in [0.1, 0.15) is 43.1 Å². The lowest BCUT2D eigenvalue weighted by atomic mass is 10.1. The van der Waals surface area contributed by atoms with Crippen molar-refractivity contribution in [2.24, 2.45) is 0 Å². The van der Waals surface area contributed by atoms with Gasteiger partial charge >= 0.3 is 0 Å². The lowest BCUT2D eigenvalue weighted by Gasteiger charge is -2.29. The van der Waals surface area contributed by atoms with Gasteiger partial charge < -0.3 is 14.8 Å². The van der Waals surface area contributed by atoms with E-state index in [1.165, 1.54) is 10.5 Å². The second-order valence-corrected chi connectivity index (χ2v) is 7.54. The van der Waals surface area contributed by atoms with Crippen molar-refractivity contribution in [3.05, 3.63) is 53.6 Å². The van der Waals surface area contributed by atoms with Gasteiger partial charge in [-0.25, -0.2) is 0 Å². The Morgan fingerprint density at radius 1 is 1.16 bits per heavy atom. The number of nitrogens with one attached hydrogen (secondary N) is 1. The number of rotatable bonds is 9. The van der Waals surface area contributed by atoms with Crippen molar-refractivity contribution in [3.8, 4) is 11.5 Å². The van der Waals surface area contributed by atoms with E-state index in [-0.39, 0.29) is 43.4 Å². The van der Waals surface area contributed by atoms with Gasteiger partial charge in [-0.05, 0) is 55.7 Å². The third kappa shape index (κ3) is 5.63. The van der Waals surface area contributed by atoms with Gasteiger partial charge in [0.1, 0.15) is 18.0 Å². The summed E-state index contributed by atoms with van der Waals surface area (Å²) in [6.45, 7) is 5.54. The van der Waals surface area contributed by atoms with E-state index >= 15 is 0 Å². The Balaban J connectivity index is 1.72. The Labute approximate surface area is 182 Å². The standard InChI is InChI=1S/C24H28N2O5/c1-4-16(3)25-23(28)13-26-20-12-18(8-11-22(20)31-15-24(26)29)21(27)14-30-19-9-6-17(5-2)7-10-19/h6-12,16H,4-5,13-15H2,1-3H3,(H,25,28). The topological polar surface area (TPSA) is 84.9 Å². The van der Waals surface area contributed by atoms with Crippen LogP contribution in [0, 0.1) is 0 Å². The van der Waals surface area contributed by atoms with Crippen LogP contribution < -0.4 is 19.7 Å². The molecule has 0 bridgehead atoms. The smallest absolute Gasteiger partial charge is 0.265 e. The van der Waals surface area contributed by atoms with Gasteiger partial charge in [0, 0.05) is 11.6 Å². The van der Waals surface area contributed by atoms with Gasteiger partial charge in [0.05, 0.1) is 5.69 Å². The summed E-state index contributed by atoms with van der Waals surface area (Å²) in [5.41, 5.74) is 1.98. The molecular formula is C24H28N2O5. The fourth-order valence-electron chi connectivity index (χ4n) is 3.17. The van der Waals surface area contributed by atoms with Crippen molar-refractivity contribution >= 4 is 23.3 Å². The second-order valence-electron chi connectivity index (χ2n) is 7.54. The molecule has 1 unspecified atom stereocenters. The van der Waals surface area contributed by atoms with Crippen molar-refractivity contribution in [1.29, 1.82) is 0 Å². The number of hydrogen-bond acceptors (Lipinski definition) is 5. The zero-order valence-electron chi connectivity index (χ0n) is 18.1. The molecule has 0 saturated heterocycles. The number of carbonyl (C=O) groups excluding carboxylic acids is 3. The fourth-order valence-corrected chi connectivity index (χ4v) is 3.17. The van der Waals surface area contributed by atoms with Crippen molar-refractivity contribution in [2.45, 2.75) is 39.7 Å². The van der Waals surface area contributed by atoms with Crippen molar-refractivity contribution in [3.63, 3.8) is 0 Å². The molecule has 2 aromatic carbocycles. The largest absolute Gasteiger partial charge is 0.485 e. The van der Waals surface area contributed by atoms with Crippen molar-refractivity contribution < 1.29 is 23.9 Å². The van der Waals surface area contributed by atoms with Crippen LogP contribution in [0.2, 0.25) is 0 Å². The Morgan fingerprint density at radius 2 is 1.90 bits per heavy atom. The van der Waals surface area contributed by atoms with Gasteiger partial charge in [0.15, 0.2) is 19.0 Å². The first-order valence-corrected chi connectivity index (χ1v) is 10.5. The number of ketones is 1. The predicted octanol–water partition coefficient (Wildman–Crippen LogP) is 3.15. The molecule has 0 spiro atoms. The first-order valence-electron chi connectivity index (χ1n) is 10.5. The zero-order valence-corrected chi connectivity index (χ0v) is 18.1. The minimum absolute atomic E-state index is 0.0135. The summed E-state index contributed by atoms with van der Waals surface area (Å²) in [6, 6.07) is 12.5. The number of carbonyl (C=O) groups is 3. The van der Waals surface area contributed by atoms with Crippen molar-refractivity contribution in [2.75, 3.05) is 24.7 Å². The number of amides is 2. The van der Waals surface area contributed by atoms with Gasteiger partial charge in [-0.1, -0.05) is 26.0 Å². The quantitative estimate of drug-likeness (QED) is 0.625. The Bertz CT molecular complexity index is 955. The molecule has 164 valence electrons. The Morgan fingerprint density at radius 3 is 2.58 bits per heavy atom. The van der Waals surface area contributed by atoms with E-state index in [1.807, 2.05) is 38.1 Å². The molecular weight excluding hydrogens is 396 g/mol. The van der Waals surface area contributed by atoms with E-state index < -0.39 is 0 Å². The highest BCUT2D eigenvalue weighted by atomic mass is 16.5. The van der Waals surface area contributed by atoms with Crippen LogP contribution in [-0.2, 0) is 16.0 Å². The molecule has 2 amide bonds. The minimum Gasteiger partial charge on any atom is -0.485 e. The third-order valence-electron chi connectivity index (χ3n) is 5.25. The summed E-state index contributed by atoms with van der Waals surface area (Å²) in [5, 5.41) is 2.85. The van der Waals surface area contributed by atoms with Gasteiger partial charge in [-0.2, -0.15) is 0 Å². The number of anilines is 1. The van der Waals surface area contributed by atoms with E-state index in [1.54, 1.807) is 18.2 Å². The van der Waals surface area contributed by atoms with Gasteiger partial charge in [0.25, 0.3) is 5.91 Å². The zero-order chi connectivity index (χ0) is 22.4. The van der Waals surface area contributed by atoms with Crippen LogP contribution in [0.5, 0.6) is 11.5 Å². The summed E-state index contributed by atoms with van der Waals surface area (Å²) in [7, 11) is 0. The molecule has 7 nitrogen and oxygen atoms in total. The van der Waals surface area contributed by atoms with Gasteiger partial charge in [-0.15, -0.1) is 0 Å². The number of ether oxygens (including phenoxy) is 2. The Kier molecular flexibility index (Phi) is 7.28. The highest BCUT2D eigenvalue weighted by molar-refractivity contribution is 6.04. The molecule has 3 rings (SSSR count). The SMILES string of the molecule is CCc1ccc(OCC(=O)c2ccc3c(c2)N(CC(=O)NC(C)CC)C(=O)CO3)cc1. The van der Waals surface area contributed by atoms with Gasteiger partial charge in [0.2, 0.25) is 5.91 Å². The maximum atomic E-state index is 12.7. The molecule has 1 N–H and O–H groups in total. The number of aryl methyl sites for hydroxylation is 1. The molecule has 0 fully saturated rings. The molecule has 1 heterocycles. The van der Waals surface area contributed by atoms with Crippen LogP contribution >= 0.6 is 0 Å². The van der Waals surface area contributed by atoms with Crippen LogP contribution in [0.3, 0.4) is 0 Å². The molecule has 31 heavy (non-hydrogen) atoms. The molecule has 0 aromatic heterocycles. The Hall–Kier alpha value is -3.35. The molecule has 1 aliphatic rings. The molecule has 0 aliphatic carbocycles. The monoisotopic (exact) mass is 424 g/mol. The van der Waals surface area contributed by atoms with E-state index in [4.69, 9.17) is 9.47 Å². The first kappa shape index (κ1) is 22.3. The lowest BCUT2D eigenvalue weighted by molar-refractivity contribution is -0.125. The summed E-state index contributed by atoms with van der Waals surface area (Å²) in [5.74, 6) is 0.258. The van der Waals surface area contributed by atoms with Gasteiger partial charge in [-0.3, -0.25) is 19.3 Å². The highest BCUT2D eigenvalue weighted by Crippen LogP contribution is 2.33. The summed E-state index contributed by atoms with van der Waals surface area (Å²) >= 11 is 0. The number of nitrogens with zero attached hydrogens (tertiary/aromatic N) is 1. The van der Waals surface area contributed by atoms with Crippen LogP contribution in [0.25, 0.3) is 0 Å². The lowest BCUT2D eigenvalue weighted by Crippen LogP contribution is -2.46. The number of hydrogen-bond donors (Lipinski definition) is 1. The number of Topliss-reactive ketones (excluding diaryl/α,β-unsaturated/α-hetero) is 1. The molecule has 0 saturated carbocycles. The van der Waals surface area contributed by atoms with E-state index in [2.05, 4.69) is 12.2 Å². The fraction of sp³-hybridized carbons (Fsp3) is 0.375. The van der Waals surface area contributed by atoms with E-state index in [0.717, 1.165) is 12.8 Å². The van der Waals surface area contributed by atoms with Crippen LogP contribution in [-0.4, -0.2) is 43.4 Å². The average molecular weight is 424 g/mol. The summed E-state index contributed by atoms with van der Waals surface area (Å²) < 4.78 is 11.1. The molecule has 7 heteroatoms. The number of fused-ring (bicyclic) bond motifs is 1. The molecule has 1 atom stereocenters. The molecule has 2 aromatic rings. The normalized spacial score (nSPS) is 13.8. The number of benzene rings is 2. The predicted molar refractivity (Wildman–Crippen MR) is 118 cm³/mol. The molecule has 1 aliphatic heterocycles. The van der Waals surface area contributed by atoms with Crippen molar-refractivity contribution in [1.82, 2.24) is 5.32 Å². The first-order chi connectivity index (χ1) is 14.9. The maximum absolute atomic E-state index is 12.7. The second kappa shape index (κ2) is 10.1. The average Bonchev–Trinajstić information content (AvgIpc) is 2.79. The molecule has 0 radical (unpaired) electrons. The summed E-state index contributed by atoms with van der Waals surface area (Å²) in [4.78, 5) is 38.8.